The Bertz CT molecular complexity index is 3500. The van der Waals surface area contributed by atoms with Crippen molar-refractivity contribution in [2.24, 2.45) is 0 Å². The Morgan fingerprint density at radius 3 is 1.36 bits per heavy atom. The molecule has 3 heterocycles. The van der Waals surface area contributed by atoms with Gasteiger partial charge in [0.2, 0.25) is 0 Å². The number of benzene rings is 9. The molecular formula is C58H37N3. The van der Waals surface area contributed by atoms with E-state index in [9.17, 15) is 0 Å². The first-order valence-electron chi connectivity index (χ1n) is 20.8. The van der Waals surface area contributed by atoms with Crippen LogP contribution in [0.2, 0.25) is 0 Å². The molecule has 9 aromatic carbocycles. The minimum atomic E-state index is 0.882. The van der Waals surface area contributed by atoms with E-state index in [1.54, 1.807) is 0 Å². The second-order valence-corrected chi connectivity index (χ2v) is 15.7. The smallest absolute Gasteiger partial charge is 0.138 e. The number of pyridine rings is 2. The van der Waals surface area contributed by atoms with Crippen LogP contribution in [-0.2, 0) is 0 Å². The van der Waals surface area contributed by atoms with Crippen molar-refractivity contribution in [1.29, 1.82) is 0 Å². The third-order valence-corrected chi connectivity index (χ3v) is 12.1. The molecule has 3 aromatic heterocycles. The molecule has 0 saturated carbocycles. The van der Waals surface area contributed by atoms with Crippen molar-refractivity contribution >= 4 is 54.1 Å². The van der Waals surface area contributed by atoms with Crippen molar-refractivity contribution in [2.45, 2.75) is 0 Å². The highest BCUT2D eigenvalue weighted by atomic mass is 15.1. The summed E-state index contributed by atoms with van der Waals surface area (Å²) in [4.78, 5) is 10.9. The average molecular weight is 776 g/mol. The van der Waals surface area contributed by atoms with Gasteiger partial charge in [0.15, 0.2) is 0 Å². The first kappa shape index (κ1) is 34.9. The lowest BCUT2D eigenvalue weighted by molar-refractivity contribution is 1.09. The van der Waals surface area contributed by atoms with E-state index < -0.39 is 0 Å². The Balaban J connectivity index is 1.21. The van der Waals surface area contributed by atoms with E-state index in [1.165, 1.54) is 37.7 Å². The van der Waals surface area contributed by atoms with Crippen molar-refractivity contribution in [3.05, 3.63) is 224 Å². The highest BCUT2D eigenvalue weighted by Gasteiger charge is 2.23. The molecule has 0 bridgehead atoms. The number of aromatic nitrogens is 3. The van der Waals surface area contributed by atoms with E-state index in [0.717, 1.165) is 78.3 Å². The molecule has 61 heavy (non-hydrogen) atoms. The Hall–Kier alpha value is -8.14. The van der Waals surface area contributed by atoms with Crippen LogP contribution in [0.4, 0.5) is 0 Å². The number of nitrogens with zero attached hydrogens (tertiary/aromatic N) is 3. The van der Waals surface area contributed by atoms with Crippen LogP contribution in [0, 0.1) is 0 Å². The molecule has 0 radical (unpaired) electrons. The van der Waals surface area contributed by atoms with Crippen LogP contribution in [0.3, 0.4) is 0 Å². The molecule has 0 aliphatic rings. The van der Waals surface area contributed by atoms with Gasteiger partial charge in [0.1, 0.15) is 5.82 Å². The quantitative estimate of drug-likeness (QED) is 0.158. The summed E-state index contributed by atoms with van der Waals surface area (Å²) in [7, 11) is 0. The second kappa shape index (κ2) is 14.3. The summed E-state index contributed by atoms with van der Waals surface area (Å²) in [6.45, 7) is 0. The van der Waals surface area contributed by atoms with E-state index in [4.69, 9.17) is 9.97 Å². The van der Waals surface area contributed by atoms with Gasteiger partial charge in [0, 0.05) is 38.2 Å². The third-order valence-electron chi connectivity index (χ3n) is 12.1. The zero-order valence-electron chi connectivity index (χ0n) is 33.2. The molecule has 3 heteroatoms. The first-order chi connectivity index (χ1) is 30.3. The Morgan fingerprint density at radius 2 is 0.738 bits per heavy atom. The van der Waals surface area contributed by atoms with Crippen LogP contribution in [0.25, 0.3) is 116 Å². The van der Waals surface area contributed by atoms with E-state index in [2.05, 4.69) is 229 Å². The largest absolute Gasteiger partial charge is 0.293 e. The molecule has 0 saturated heterocycles. The lowest BCUT2D eigenvalue weighted by atomic mass is 9.89. The fraction of sp³-hybridized carbons (Fsp3) is 0. The molecule has 0 fully saturated rings. The van der Waals surface area contributed by atoms with Gasteiger partial charge in [-0.3, -0.25) is 4.57 Å². The summed E-state index contributed by atoms with van der Waals surface area (Å²) < 4.78 is 2.41. The van der Waals surface area contributed by atoms with Gasteiger partial charge in [-0.1, -0.05) is 188 Å². The summed E-state index contributed by atoms with van der Waals surface area (Å²) in [6.07, 6.45) is 0. The number of para-hydroxylation sites is 1. The van der Waals surface area contributed by atoms with Crippen molar-refractivity contribution in [2.75, 3.05) is 0 Å². The van der Waals surface area contributed by atoms with E-state index in [1.807, 2.05) is 0 Å². The van der Waals surface area contributed by atoms with Crippen LogP contribution in [0.5, 0.6) is 0 Å². The monoisotopic (exact) mass is 775 g/mol. The highest BCUT2D eigenvalue weighted by molar-refractivity contribution is 6.38. The molecule has 0 atom stereocenters. The minimum absolute atomic E-state index is 0.882. The first-order valence-corrected chi connectivity index (χ1v) is 20.8. The fourth-order valence-electron chi connectivity index (χ4n) is 9.39. The normalized spacial score (nSPS) is 11.6. The van der Waals surface area contributed by atoms with Gasteiger partial charge < -0.3 is 0 Å². The van der Waals surface area contributed by atoms with Crippen LogP contribution in [-0.4, -0.2) is 14.5 Å². The number of fused-ring (bicyclic) bond motifs is 10. The number of hydrogen-bond donors (Lipinski definition) is 0. The number of hydrogen-bond acceptors (Lipinski definition) is 2. The summed E-state index contributed by atoms with van der Waals surface area (Å²) in [5, 5.41) is 9.55. The zero-order valence-corrected chi connectivity index (χ0v) is 33.2. The van der Waals surface area contributed by atoms with Gasteiger partial charge in [0.25, 0.3) is 0 Å². The van der Waals surface area contributed by atoms with Crippen LogP contribution in [0.1, 0.15) is 0 Å². The average Bonchev–Trinajstić information content (AvgIpc) is 3.70. The Morgan fingerprint density at radius 1 is 0.279 bits per heavy atom. The van der Waals surface area contributed by atoms with Crippen molar-refractivity contribution in [1.82, 2.24) is 14.5 Å². The predicted octanol–water partition coefficient (Wildman–Crippen LogP) is 15.4. The molecule has 12 rings (SSSR count). The Labute approximate surface area is 353 Å². The maximum absolute atomic E-state index is 5.50. The lowest BCUT2D eigenvalue weighted by Crippen LogP contribution is -2.01. The second-order valence-electron chi connectivity index (χ2n) is 15.7. The Kier molecular flexibility index (Phi) is 8.17. The molecule has 284 valence electrons. The van der Waals surface area contributed by atoms with Gasteiger partial charge in [-0.05, 0) is 80.2 Å². The van der Waals surface area contributed by atoms with Gasteiger partial charge in [-0.25, -0.2) is 9.97 Å². The molecule has 12 aromatic rings. The van der Waals surface area contributed by atoms with Gasteiger partial charge in [-0.15, -0.1) is 0 Å². The maximum atomic E-state index is 5.50. The van der Waals surface area contributed by atoms with E-state index in [0.29, 0.717) is 0 Å². The van der Waals surface area contributed by atoms with Crippen molar-refractivity contribution < 1.29 is 0 Å². The van der Waals surface area contributed by atoms with Gasteiger partial charge in [-0.2, -0.15) is 0 Å². The van der Waals surface area contributed by atoms with Crippen LogP contribution in [0.15, 0.2) is 224 Å². The van der Waals surface area contributed by atoms with Crippen LogP contribution >= 0.6 is 0 Å². The summed E-state index contributed by atoms with van der Waals surface area (Å²) in [5.74, 6) is 0.882. The standard InChI is InChI=1S/C58H37N3/c1-5-19-38(20-6-1)42-33-51(40-23-9-3-10-24-40)59-53(35-42)49-37-50-45-28-14-16-30-47(45)58-57(56(50)46-29-15-13-27-44(46)49)48-31-17-18-32-54(48)61(58)55-36-43(39-21-7-2-8-22-39)34-52(60-55)41-25-11-4-12-26-41/h1-37H. The zero-order chi connectivity index (χ0) is 40.3. The summed E-state index contributed by atoms with van der Waals surface area (Å²) in [5.41, 5.74) is 12.9. The van der Waals surface area contributed by atoms with Gasteiger partial charge >= 0.3 is 0 Å². The summed E-state index contributed by atoms with van der Waals surface area (Å²) in [6, 6.07) is 80.3. The molecular weight excluding hydrogens is 739 g/mol. The highest BCUT2D eigenvalue weighted by Crippen LogP contribution is 2.47. The van der Waals surface area contributed by atoms with E-state index in [-0.39, 0.29) is 0 Å². The molecule has 0 amide bonds. The van der Waals surface area contributed by atoms with E-state index >= 15 is 0 Å². The number of rotatable bonds is 6. The predicted molar refractivity (Wildman–Crippen MR) is 256 cm³/mol. The molecule has 3 nitrogen and oxygen atoms in total. The lowest BCUT2D eigenvalue weighted by Gasteiger charge is -2.17. The summed E-state index contributed by atoms with van der Waals surface area (Å²) >= 11 is 0. The SMILES string of the molecule is c1ccc(-c2cc(-c3ccccc3)nc(-c3cc4c5ccccc5c5c(c6ccccc6n5-c5cc(-c6ccccc6)cc(-c6ccccc6)n5)c4c4ccccc34)c2)cc1. The fourth-order valence-corrected chi connectivity index (χ4v) is 9.39. The molecule has 0 aliphatic carbocycles. The minimum Gasteiger partial charge on any atom is -0.293 e. The van der Waals surface area contributed by atoms with Crippen molar-refractivity contribution in [3.8, 4) is 61.8 Å². The molecule has 0 N–H and O–H groups in total. The molecule has 0 aliphatic heterocycles. The maximum Gasteiger partial charge on any atom is 0.138 e. The van der Waals surface area contributed by atoms with Gasteiger partial charge in [0.05, 0.1) is 28.1 Å². The van der Waals surface area contributed by atoms with Crippen molar-refractivity contribution in [3.63, 3.8) is 0 Å². The van der Waals surface area contributed by atoms with Crippen LogP contribution < -0.4 is 0 Å². The topological polar surface area (TPSA) is 30.7 Å². The third kappa shape index (κ3) is 5.82. The molecule has 0 spiro atoms. The molecule has 0 unspecified atom stereocenters.